The summed E-state index contributed by atoms with van der Waals surface area (Å²) in [5, 5.41) is 7.41. The number of hydrogen-bond acceptors (Lipinski definition) is 4. The molecule has 0 radical (unpaired) electrons. The Morgan fingerprint density at radius 2 is 2.08 bits per heavy atom. The molecule has 4 heterocycles. The lowest BCUT2D eigenvalue weighted by Crippen LogP contribution is -2.28. The third kappa shape index (κ3) is 2.96. The van der Waals surface area contributed by atoms with E-state index in [0.29, 0.717) is 18.8 Å². The first-order chi connectivity index (χ1) is 12.6. The van der Waals surface area contributed by atoms with E-state index in [9.17, 15) is 9.18 Å². The van der Waals surface area contributed by atoms with Crippen LogP contribution in [-0.2, 0) is 11.2 Å². The molecule has 3 aromatic heterocycles. The SMILES string of the molecule is Cc1c(N2CCC(Cc3ccc(F)nc3)C2=O)n[nH]c1-c1ccncc1. The number of amides is 1. The van der Waals surface area contributed by atoms with Crippen LogP contribution in [-0.4, -0.2) is 32.6 Å². The van der Waals surface area contributed by atoms with Crippen molar-refractivity contribution in [1.82, 2.24) is 20.2 Å². The van der Waals surface area contributed by atoms with Crippen LogP contribution < -0.4 is 4.90 Å². The topological polar surface area (TPSA) is 74.8 Å². The summed E-state index contributed by atoms with van der Waals surface area (Å²) in [5.41, 5.74) is 3.68. The minimum Gasteiger partial charge on any atom is -0.295 e. The molecular formula is C19H18FN5O. The standard InChI is InChI=1S/C19H18FN5O/c1-12-17(14-4-7-21-8-5-14)23-24-18(12)25-9-6-15(19(25)26)10-13-2-3-16(20)22-11-13/h2-5,7-8,11,15H,6,9-10H2,1H3,(H,23,24). The summed E-state index contributed by atoms with van der Waals surface area (Å²) in [6, 6.07) is 6.81. The van der Waals surface area contributed by atoms with Gasteiger partial charge < -0.3 is 0 Å². The summed E-state index contributed by atoms with van der Waals surface area (Å²) >= 11 is 0. The van der Waals surface area contributed by atoms with E-state index in [4.69, 9.17) is 0 Å². The van der Waals surface area contributed by atoms with Crippen molar-refractivity contribution in [2.45, 2.75) is 19.8 Å². The van der Waals surface area contributed by atoms with Gasteiger partial charge in [-0.1, -0.05) is 6.07 Å². The van der Waals surface area contributed by atoms with Crippen molar-refractivity contribution in [2.75, 3.05) is 11.4 Å². The van der Waals surface area contributed by atoms with E-state index in [1.165, 1.54) is 12.3 Å². The zero-order valence-electron chi connectivity index (χ0n) is 14.3. The van der Waals surface area contributed by atoms with Crippen LogP contribution in [0, 0.1) is 18.8 Å². The second-order valence-corrected chi connectivity index (χ2v) is 6.45. The number of carbonyl (C=O) groups excluding carboxylic acids is 1. The number of halogens is 1. The van der Waals surface area contributed by atoms with Gasteiger partial charge in [-0.3, -0.25) is 19.8 Å². The summed E-state index contributed by atoms with van der Waals surface area (Å²) in [6.07, 6.45) is 6.25. The smallest absolute Gasteiger partial charge is 0.231 e. The lowest BCUT2D eigenvalue weighted by atomic mass is 9.99. The first kappa shape index (κ1) is 16.4. The number of nitrogens with one attached hydrogen (secondary N) is 1. The van der Waals surface area contributed by atoms with Gasteiger partial charge in [0, 0.05) is 42.2 Å². The number of aromatic nitrogens is 4. The van der Waals surface area contributed by atoms with E-state index in [0.717, 1.165) is 28.8 Å². The van der Waals surface area contributed by atoms with Crippen molar-refractivity contribution in [3.8, 4) is 11.3 Å². The molecule has 26 heavy (non-hydrogen) atoms. The van der Waals surface area contributed by atoms with E-state index in [-0.39, 0.29) is 11.8 Å². The second kappa shape index (κ2) is 6.67. The largest absolute Gasteiger partial charge is 0.295 e. The molecule has 6 nitrogen and oxygen atoms in total. The molecule has 3 aromatic rings. The minimum absolute atomic E-state index is 0.0465. The predicted octanol–water partition coefficient (Wildman–Crippen LogP) is 2.91. The van der Waals surface area contributed by atoms with Crippen molar-refractivity contribution >= 4 is 11.7 Å². The van der Waals surface area contributed by atoms with Gasteiger partial charge >= 0.3 is 0 Å². The van der Waals surface area contributed by atoms with Crippen molar-refractivity contribution < 1.29 is 9.18 Å². The Bertz CT molecular complexity index is 923. The molecule has 1 N–H and O–H groups in total. The normalized spacial score (nSPS) is 17.1. The maximum atomic E-state index is 12.9. The van der Waals surface area contributed by atoms with Crippen LogP contribution in [0.4, 0.5) is 10.2 Å². The molecule has 7 heteroatoms. The van der Waals surface area contributed by atoms with E-state index >= 15 is 0 Å². The fourth-order valence-electron chi connectivity index (χ4n) is 3.40. The average molecular weight is 351 g/mol. The van der Waals surface area contributed by atoms with Crippen LogP contribution in [0.25, 0.3) is 11.3 Å². The third-order valence-corrected chi connectivity index (χ3v) is 4.80. The minimum atomic E-state index is -0.510. The van der Waals surface area contributed by atoms with Gasteiger partial charge in [0.1, 0.15) is 0 Å². The molecule has 1 saturated heterocycles. The van der Waals surface area contributed by atoms with Gasteiger partial charge in [-0.05, 0) is 43.5 Å². The summed E-state index contributed by atoms with van der Waals surface area (Å²) < 4.78 is 12.9. The lowest BCUT2D eigenvalue weighted by Gasteiger charge is -2.15. The molecule has 4 rings (SSSR count). The summed E-state index contributed by atoms with van der Waals surface area (Å²) in [5.74, 6) is 0.0680. The fraction of sp³-hybridized carbons (Fsp3) is 0.263. The zero-order chi connectivity index (χ0) is 18.1. The molecule has 0 spiro atoms. The van der Waals surface area contributed by atoms with Crippen LogP contribution in [0.15, 0.2) is 42.9 Å². The predicted molar refractivity (Wildman–Crippen MR) is 94.9 cm³/mol. The van der Waals surface area contributed by atoms with Crippen molar-refractivity contribution in [3.05, 3.63) is 59.9 Å². The van der Waals surface area contributed by atoms with Gasteiger partial charge in [-0.25, -0.2) is 4.98 Å². The quantitative estimate of drug-likeness (QED) is 0.734. The number of carbonyl (C=O) groups is 1. The summed E-state index contributed by atoms with van der Waals surface area (Å²) in [4.78, 5) is 22.3. The molecule has 1 unspecified atom stereocenters. The van der Waals surface area contributed by atoms with Gasteiger partial charge in [-0.2, -0.15) is 9.49 Å². The Hall–Kier alpha value is -3.09. The molecule has 0 aromatic carbocycles. The van der Waals surface area contributed by atoms with E-state index in [2.05, 4.69) is 20.2 Å². The Morgan fingerprint density at radius 3 is 2.81 bits per heavy atom. The Kier molecular flexibility index (Phi) is 4.20. The number of hydrogen-bond donors (Lipinski definition) is 1. The molecule has 0 bridgehead atoms. The van der Waals surface area contributed by atoms with Crippen molar-refractivity contribution in [2.24, 2.45) is 5.92 Å². The van der Waals surface area contributed by atoms with Crippen LogP contribution in [0.3, 0.4) is 0 Å². The van der Waals surface area contributed by atoms with Crippen molar-refractivity contribution in [3.63, 3.8) is 0 Å². The Balaban J connectivity index is 1.53. The Labute approximate surface area is 150 Å². The maximum absolute atomic E-state index is 12.9. The molecule has 132 valence electrons. The number of anilines is 1. The summed E-state index contributed by atoms with van der Waals surface area (Å²) in [7, 11) is 0. The van der Waals surface area contributed by atoms with Crippen LogP contribution in [0.2, 0.25) is 0 Å². The van der Waals surface area contributed by atoms with Crippen molar-refractivity contribution in [1.29, 1.82) is 0 Å². The molecule has 1 fully saturated rings. The number of H-pyrrole nitrogens is 1. The number of nitrogens with zero attached hydrogens (tertiary/aromatic N) is 4. The van der Waals surface area contributed by atoms with Gasteiger partial charge in [0.05, 0.1) is 5.69 Å². The van der Waals surface area contributed by atoms with Crippen LogP contribution in [0.5, 0.6) is 0 Å². The molecule has 1 aliphatic rings. The first-order valence-electron chi connectivity index (χ1n) is 8.50. The van der Waals surface area contributed by atoms with Gasteiger partial charge in [0.15, 0.2) is 5.82 Å². The highest BCUT2D eigenvalue weighted by molar-refractivity contribution is 5.97. The maximum Gasteiger partial charge on any atom is 0.231 e. The Morgan fingerprint density at radius 1 is 1.27 bits per heavy atom. The van der Waals surface area contributed by atoms with E-state index in [1.54, 1.807) is 23.4 Å². The average Bonchev–Trinajstić information content (AvgIpc) is 3.21. The second-order valence-electron chi connectivity index (χ2n) is 6.45. The lowest BCUT2D eigenvalue weighted by molar-refractivity contribution is -0.120. The van der Waals surface area contributed by atoms with E-state index < -0.39 is 5.95 Å². The highest BCUT2D eigenvalue weighted by atomic mass is 19.1. The number of rotatable bonds is 4. The third-order valence-electron chi connectivity index (χ3n) is 4.80. The molecule has 0 aliphatic carbocycles. The number of aromatic amines is 1. The van der Waals surface area contributed by atoms with Crippen LogP contribution >= 0.6 is 0 Å². The molecule has 0 saturated carbocycles. The molecule has 1 atom stereocenters. The zero-order valence-corrected chi connectivity index (χ0v) is 14.3. The van der Waals surface area contributed by atoms with E-state index in [1.807, 2.05) is 19.1 Å². The van der Waals surface area contributed by atoms with Gasteiger partial charge in [-0.15, -0.1) is 0 Å². The highest BCUT2D eigenvalue weighted by Crippen LogP contribution is 2.32. The first-order valence-corrected chi connectivity index (χ1v) is 8.50. The molecular weight excluding hydrogens is 333 g/mol. The summed E-state index contributed by atoms with van der Waals surface area (Å²) in [6.45, 7) is 2.58. The van der Waals surface area contributed by atoms with Gasteiger partial charge in [0.25, 0.3) is 0 Å². The van der Waals surface area contributed by atoms with Crippen LogP contribution in [0.1, 0.15) is 17.5 Å². The highest BCUT2D eigenvalue weighted by Gasteiger charge is 2.35. The molecule has 1 amide bonds. The monoisotopic (exact) mass is 351 g/mol. The number of pyridine rings is 2. The molecule has 1 aliphatic heterocycles. The van der Waals surface area contributed by atoms with Gasteiger partial charge in [0.2, 0.25) is 11.9 Å². The fourth-order valence-corrected chi connectivity index (χ4v) is 3.40.